The Balaban J connectivity index is 3.16. The van der Waals surface area contributed by atoms with Crippen molar-refractivity contribution in [1.29, 1.82) is 0 Å². The Morgan fingerprint density at radius 3 is 2.13 bits per heavy atom. The fourth-order valence-electron chi connectivity index (χ4n) is 5.04. The molecule has 0 radical (unpaired) electrons. The van der Waals surface area contributed by atoms with Crippen LogP contribution in [-0.4, -0.2) is 101 Å². The first-order valence-corrected chi connectivity index (χ1v) is 16.0. The Hall–Kier alpha value is -3.95. The molecule has 0 aromatic rings. The van der Waals surface area contributed by atoms with E-state index in [-0.39, 0.29) is 49.6 Å². The highest BCUT2D eigenvalue weighted by Gasteiger charge is 2.40. The van der Waals surface area contributed by atoms with Crippen molar-refractivity contribution >= 4 is 41.5 Å². The Bertz CT molecular complexity index is 1090. The van der Waals surface area contributed by atoms with Gasteiger partial charge >= 0.3 is 5.97 Å². The zero-order valence-corrected chi connectivity index (χ0v) is 28.0. The van der Waals surface area contributed by atoms with Gasteiger partial charge in [0.1, 0.15) is 30.7 Å². The fraction of sp³-hybridized carbons (Fsp3) is 0.767. The maximum atomic E-state index is 13.9. The Kier molecular flexibility index (Phi) is 17.0. The molecule has 16 heteroatoms. The van der Waals surface area contributed by atoms with Crippen LogP contribution < -0.4 is 38.5 Å². The van der Waals surface area contributed by atoms with Crippen LogP contribution in [0.1, 0.15) is 80.1 Å². The number of likely N-dealkylation sites (tertiary alicyclic amines) is 1. The quantitative estimate of drug-likeness (QED) is 0.0467. The zero-order chi connectivity index (χ0) is 35.1. The highest BCUT2D eigenvalue weighted by atomic mass is 16.4. The highest BCUT2D eigenvalue weighted by Crippen LogP contribution is 2.21. The van der Waals surface area contributed by atoms with Crippen LogP contribution in [0.2, 0.25) is 0 Å². The van der Waals surface area contributed by atoms with E-state index in [2.05, 4.69) is 26.3 Å². The number of nitrogens with two attached hydrogens (primary N) is 3. The van der Waals surface area contributed by atoms with Gasteiger partial charge in [-0.2, -0.15) is 0 Å². The molecule has 6 atom stereocenters. The molecule has 1 fully saturated rings. The number of hydrogen-bond donors (Lipinski definition) is 8. The van der Waals surface area contributed by atoms with E-state index in [1.54, 1.807) is 13.8 Å². The molecular weight excluding hydrogens is 598 g/mol. The molecule has 1 rings (SSSR count). The molecule has 1 saturated heterocycles. The first kappa shape index (κ1) is 40.1. The number of guanidine groups is 1. The molecule has 0 bridgehead atoms. The third-order valence-corrected chi connectivity index (χ3v) is 7.97. The van der Waals surface area contributed by atoms with Gasteiger partial charge in [-0.05, 0) is 49.9 Å². The highest BCUT2D eigenvalue weighted by molar-refractivity contribution is 5.96. The fourth-order valence-corrected chi connectivity index (χ4v) is 5.04. The Morgan fingerprint density at radius 1 is 0.935 bits per heavy atom. The predicted octanol–water partition coefficient (Wildman–Crippen LogP) is -1.24. The normalized spacial score (nSPS) is 17.8. The average Bonchev–Trinajstić information content (AvgIpc) is 3.48. The summed E-state index contributed by atoms with van der Waals surface area (Å²) in [5.74, 6) is -4.47. The third kappa shape index (κ3) is 13.2. The van der Waals surface area contributed by atoms with Gasteiger partial charge in [0.05, 0.1) is 6.04 Å². The van der Waals surface area contributed by atoms with Gasteiger partial charge in [-0.3, -0.25) is 33.8 Å². The Morgan fingerprint density at radius 2 is 1.59 bits per heavy atom. The number of carboxylic acids is 1. The summed E-state index contributed by atoms with van der Waals surface area (Å²) in [6.07, 6.45) is 2.15. The molecule has 5 amide bonds. The number of carbonyl (C=O) groups is 6. The van der Waals surface area contributed by atoms with Gasteiger partial charge in [-0.15, -0.1) is 0 Å². The first-order chi connectivity index (χ1) is 21.5. The SMILES string of the molecule is CC[C@H](C)[C@H](NC(=O)[C@@H](N)C(C)C)C(=O)N[C@@H](CC(C)C)C(=O)N1CCC[C@H]1C(=O)N[C@@H](CCCN=C(N)N)C(=O)NCC(=O)O. The van der Waals surface area contributed by atoms with Gasteiger partial charge in [0.2, 0.25) is 29.5 Å². The van der Waals surface area contributed by atoms with Crippen LogP contribution in [0.4, 0.5) is 0 Å². The van der Waals surface area contributed by atoms with Gasteiger partial charge in [-0.25, -0.2) is 0 Å². The second-order valence-corrected chi connectivity index (χ2v) is 12.6. The van der Waals surface area contributed by atoms with Crippen molar-refractivity contribution in [3.8, 4) is 0 Å². The number of nitrogens with zero attached hydrogens (tertiary/aromatic N) is 2. The monoisotopic (exact) mass is 653 g/mol. The van der Waals surface area contributed by atoms with E-state index in [0.29, 0.717) is 25.7 Å². The molecule has 0 unspecified atom stereocenters. The third-order valence-electron chi connectivity index (χ3n) is 7.97. The maximum Gasteiger partial charge on any atom is 0.322 e. The summed E-state index contributed by atoms with van der Waals surface area (Å²) in [6, 6.07) is -4.72. The minimum atomic E-state index is -1.25. The molecule has 46 heavy (non-hydrogen) atoms. The summed E-state index contributed by atoms with van der Waals surface area (Å²) < 4.78 is 0. The van der Waals surface area contributed by atoms with Crippen molar-refractivity contribution in [2.24, 2.45) is 39.9 Å². The topological polar surface area (TPSA) is 264 Å². The molecule has 0 aromatic heterocycles. The van der Waals surface area contributed by atoms with E-state index in [9.17, 15) is 28.8 Å². The van der Waals surface area contributed by atoms with Crippen LogP contribution in [0, 0.1) is 17.8 Å². The molecule has 16 nitrogen and oxygen atoms in total. The van der Waals surface area contributed by atoms with Crippen LogP contribution in [0.3, 0.4) is 0 Å². The minimum absolute atomic E-state index is 0.00246. The van der Waals surface area contributed by atoms with Crippen molar-refractivity contribution < 1.29 is 33.9 Å². The van der Waals surface area contributed by atoms with Gasteiger partial charge in [0, 0.05) is 13.1 Å². The average molecular weight is 654 g/mol. The number of aliphatic imine (C=N–C) groups is 1. The molecule has 1 heterocycles. The van der Waals surface area contributed by atoms with Gasteiger partial charge < -0.3 is 48.5 Å². The molecule has 0 aliphatic carbocycles. The zero-order valence-electron chi connectivity index (χ0n) is 28.0. The predicted molar refractivity (Wildman–Crippen MR) is 173 cm³/mol. The van der Waals surface area contributed by atoms with Crippen LogP contribution >= 0.6 is 0 Å². The smallest absolute Gasteiger partial charge is 0.322 e. The maximum absolute atomic E-state index is 13.9. The summed E-state index contributed by atoms with van der Waals surface area (Å²) >= 11 is 0. The molecule has 0 saturated carbocycles. The number of carbonyl (C=O) groups excluding carboxylic acids is 5. The van der Waals surface area contributed by atoms with E-state index in [1.165, 1.54) is 4.90 Å². The summed E-state index contributed by atoms with van der Waals surface area (Å²) in [5, 5.41) is 19.5. The van der Waals surface area contributed by atoms with E-state index in [4.69, 9.17) is 22.3 Å². The van der Waals surface area contributed by atoms with E-state index < -0.39 is 72.3 Å². The van der Waals surface area contributed by atoms with Gasteiger partial charge in [-0.1, -0.05) is 48.0 Å². The molecule has 262 valence electrons. The summed E-state index contributed by atoms with van der Waals surface area (Å²) in [7, 11) is 0. The van der Waals surface area contributed by atoms with Gasteiger partial charge in [0.15, 0.2) is 5.96 Å². The van der Waals surface area contributed by atoms with Gasteiger partial charge in [0.25, 0.3) is 0 Å². The van der Waals surface area contributed by atoms with Crippen LogP contribution in [0.25, 0.3) is 0 Å². The second kappa shape index (κ2) is 19.5. The summed E-state index contributed by atoms with van der Waals surface area (Å²) in [6.45, 7) is 10.9. The van der Waals surface area contributed by atoms with Crippen molar-refractivity contribution in [3.05, 3.63) is 0 Å². The lowest BCUT2D eigenvalue weighted by molar-refractivity contribution is -0.143. The number of rotatable bonds is 19. The number of aliphatic carboxylic acids is 1. The number of hydrogen-bond acceptors (Lipinski definition) is 8. The molecule has 0 aromatic carbocycles. The summed E-state index contributed by atoms with van der Waals surface area (Å²) in [4.78, 5) is 82.7. The number of nitrogens with one attached hydrogen (secondary N) is 4. The van der Waals surface area contributed by atoms with E-state index >= 15 is 0 Å². The van der Waals surface area contributed by atoms with E-state index in [0.717, 1.165) is 0 Å². The van der Waals surface area contributed by atoms with Crippen molar-refractivity contribution in [3.63, 3.8) is 0 Å². The van der Waals surface area contributed by atoms with Crippen LogP contribution in [-0.2, 0) is 28.8 Å². The van der Waals surface area contributed by atoms with Crippen molar-refractivity contribution in [2.45, 2.75) is 110 Å². The molecular formula is C30H55N9O7. The molecule has 0 spiro atoms. The van der Waals surface area contributed by atoms with Crippen LogP contribution in [0.5, 0.6) is 0 Å². The second-order valence-electron chi connectivity index (χ2n) is 12.6. The lowest BCUT2D eigenvalue weighted by atomic mass is 9.95. The Labute approximate surface area is 271 Å². The molecule has 1 aliphatic rings. The minimum Gasteiger partial charge on any atom is -0.480 e. The van der Waals surface area contributed by atoms with E-state index in [1.807, 2.05) is 27.7 Å². The largest absolute Gasteiger partial charge is 0.480 e. The lowest BCUT2D eigenvalue weighted by Gasteiger charge is -2.32. The lowest BCUT2D eigenvalue weighted by Crippen LogP contribution is -2.60. The first-order valence-electron chi connectivity index (χ1n) is 16.0. The van der Waals surface area contributed by atoms with Crippen molar-refractivity contribution in [1.82, 2.24) is 26.2 Å². The van der Waals surface area contributed by atoms with Crippen LogP contribution in [0.15, 0.2) is 4.99 Å². The summed E-state index contributed by atoms with van der Waals surface area (Å²) in [5.41, 5.74) is 16.7. The number of carboxylic acid groups (broad SMARTS) is 1. The van der Waals surface area contributed by atoms with Crippen molar-refractivity contribution in [2.75, 3.05) is 19.6 Å². The molecule has 1 aliphatic heterocycles. The standard InChI is InChI=1S/C30H55N9O7/c1-7-18(6)24(38-27(44)23(31)17(4)5)28(45)37-20(14-16(2)3)29(46)39-13-9-11-21(39)26(43)36-19(10-8-12-34-30(32)33)25(42)35-15-22(40)41/h16-21,23-24H,7-15,31H2,1-6H3,(H,35,42)(H,36,43)(H,37,45)(H,38,44)(H,40,41)(H4,32,33,34)/t18-,19-,20-,21-,23-,24-/m0/s1. The number of amides is 5. The molecule has 11 N–H and O–H groups in total.